The molecule has 1 N–H and O–H groups in total. The van der Waals surface area contributed by atoms with Crippen molar-refractivity contribution in [1.29, 1.82) is 0 Å². The van der Waals surface area contributed by atoms with Gasteiger partial charge in [0.2, 0.25) is 5.91 Å². The number of nitrogens with one attached hydrogen (secondary N) is 1. The molecule has 98 valence electrons. The fourth-order valence-corrected chi connectivity index (χ4v) is 2.39. The van der Waals surface area contributed by atoms with E-state index in [4.69, 9.17) is 11.6 Å². The quantitative estimate of drug-likeness (QED) is 0.912. The Kier molecular flexibility index (Phi) is 4.19. The van der Waals surface area contributed by atoms with Gasteiger partial charge in [0.05, 0.1) is 5.92 Å². The van der Waals surface area contributed by atoms with Crippen molar-refractivity contribution < 1.29 is 9.18 Å². The monoisotopic (exact) mass is 270 g/mol. The largest absolute Gasteiger partial charge is 0.341 e. The lowest BCUT2D eigenvalue weighted by Crippen LogP contribution is -2.33. The first-order valence-corrected chi connectivity index (χ1v) is 6.35. The minimum Gasteiger partial charge on any atom is -0.341 e. The van der Waals surface area contributed by atoms with Crippen molar-refractivity contribution in [2.45, 2.75) is 13.0 Å². The highest BCUT2D eigenvalue weighted by Gasteiger charge is 2.25. The van der Waals surface area contributed by atoms with E-state index in [0.717, 1.165) is 25.1 Å². The van der Waals surface area contributed by atoms with E-state index in [9.17, 15) is 9.18 Å². The van der Waals surface area contributed by atoms with Gasteiger partial charge in [-0.15, -0.1) is 0 Å². The summed E-state index contributed by atoms with van der Waals surface area (Å²) < 4.78 is 12.9. The molecular weight excluding hydrogens is 255 g/mol. The first kappa shape index (κ1) is 13.3. The van der Waals surface area contributed by atoms with E-state index in [2.05, 4.69) is 5.32 Å². The molecule has 3 nitrogen and oxygen atoms in total. The lowest BCUT2D eigenvalue weighted by atomic mass is 10.1. The minimum atomic E-state index is -0.363. The molecule has 1 saturated heterocycles. The van der Waals surface area contributed by atoms with E-state index in [-0.39, 0.29) is 17.6 Å². The second kappa shape index (κ2) is 5.67. The topological polar surface area (TPSA) is 32.3 Å². The van der Waals surface area contributed by atoms with Crippen LogP contribution in [0.5, 0.6) is 0 Å². The van der Waals surface area contributed by atoms with Gasteiger partial charge in [0, 0.05) is 25.2 Å². The van der Waals surface area contributed by atoms with Crippen LogP contribution in [0.3, 0.4) is 0 Å². The Morgan fingerprint density at radius 1 is 1.61 bits per heavy atom. The molecule has 0 aliphatic carbocycles. The maximum absolute atomic E-state index is 12.9. The summed E-state index contributed by atoms with van der Waals surface area (Å²) in [5.41, 5.74) is 0.764. The Balaban J connectivity index is 2.01. The van der Waals surface area contributed by atoms with Gasteiger partial charge in [-0.2, -0.15) is 0 Å². The van der Waals surface area contributed by atoms with E-state index >= 15 is 0 Å². The molecule has 18 heavy (non-hydrogen) atoms. The van der Waals surface area contributed by atoms with E-state index in [1.165, 1.54) is 12.1 Å². The van der Waals surface area contributed by atoms with E-state index in [1.54, 1.807) is 18.0 Å². The van der Waals surface area contributed by atoms with Gasteiger partial charge in [0.25, 0.3) is 0 Å². The standard InChI is InChI=1S/C13H16ClFN2O/c1-17(13(18)9-4-5-16-7-9)8-10-2-3-11(15)6-12(10)14/h2-3,6,9,16H,4-5,7-8H2,1H3/t9-/m1/s1. The molecule has 1 fully saturated rings. The highest BCUT2D eigenvalue weighted by atomic mass is 35.5. The summed E-state index contributed by atoms with van der Waals surface area (Å²) in [5.74, 6) is -0.202. The van der Waals surface area contributed by atoms with Crippen LogP contribution in [-0.4, -0.2) is 30.9 Å². The maximum atomic E-state index is 12.9. The SMILES string of the molecule is CN(Cc1ccc(F)cc1Cl)C(=O)[C@@H]1CCNC1. The minimum absolute atomic E-state index is 0.0502. The molecule has 1 amide bonds. The van der Waals surface area contributed by atoms with Gasteiger partial charge >= 0.3 is 0 Å². The summed E-state index contributed by atoms with van der Waals surface area (Å²) in [6.45, 7) is 2.04. The summed E-state index contributed by atoms with van der Waals surface area (Å²) >= 11 is 5.95. The van der Waals surface area contributed by atoms with Gasteiger partial charge in [-0.25, -0.2) is 4.39 Å². The normalized spacial score (nSPS) is 18.9. The van der Waals surface area contributed by atoms with Gasteiger partial charge in [-0.1, -0.05) is 17.7 Å². The predicted octanol–water partition coefficient (Wildman–Crippen LogP) is 2.05. The van der Waals surface area contributed by atoms with Crippen LogP contribution in [-0.2, 0) is 11.3 Å². The molecule has 1 aromatic rings. The Hall–Kier alpha value is -1.13. The third-order valence-corrected chi connectivity index (χ3v) is 3.56. The van der Waals surface area contributed by atoms with E-state index in [1.807, 2.05) is 0 Å². The van der Waals surface area contributed by atoms with Crippen LogP contribution in [0.15, 0.2) is 18.2 Å². The second-order valence-corrected chi connectivity index (χ2v) is 5.03. The molecule has 1 atom stereocenters. The van der Waals surface area contributed by atoms with Crippen molar-refractivity contribution in [2.75, 3.05) is 20.1 Å². The van der Waals surface area contributed by atoms with E-state index in [0.29, 0.717) is 11.6 Å². The molecule has 0 bridgehead atoms. The molecular formula is C13H16ClFN2O. The van der Waals surface area contributed by atoms with E-state index < -0.39 is 0 Å². The summed E-state index contributed by atoms with van der Waals surface area (Å²) in [7, 11) is 1.75. The van der Waals surface area contributed by atoms with Gasteiger partial charge in [-0.3, -0.25) is 4.79 Å². The zero-order chi connectivity index (χ0) is 13.1. The van der Waals surface area contributed by atoms with Crippen LogP contribution in [0.1, 0.15) is 12.0 Å². The van der Waals surface area contributed by atoms with Crippen LogP contribution >= 0.6 is 11.6 Å². The molecule has 2 rings (SSSR count). The molecule has 0 saturated carbocycles. The highest BCUT2D eigenvalue weighted by molar-refractivity contribution is 6.31. The molecule has 1 heterocycles. The Morgan fingerprint density at radius 2 is 2.39 bits per heavy atom. The van der Waals surface area contributed by atoms with Crippen LogP contribution in [0.25, 0.3) is 0 Å². The number of benzene rings is 1. The third kappa shape index (κ3) is 3.00. The number of rotatable bonds is 3. The van der Waals surface area contributed by atoms with Crippen molar-refractivity contribution in [2.24, 2.45) is 5.92 Å². The van der Waals surface area contributed by atoms with Crippen LogP contribution in [0, 0.1) is 11.7 Å². The van der Waals surface area contributed by atoms with Crippen molar-refractivity contribution in [3.05, 3.63) is 34.6 Å². The number of hydrogen-bond acceptors (Lipinski definition) is 2. The maximum Gasteiger partial charge on any atom is 0.227 e. The van der Waals surface area contributed by atoms with Gasteiger partial charge in [0.1, 0.15) is 5.82 Å². The second-order valence-electron chi connectivity index (χ2n) is 4.62. The molecule has 0 unspecified atom stereocenters. The molecule has 5 heteroatoms. The Bertz CT molecular complexity index is 447. The Morgan fingerprint density at radius 3 is 3.00 bits per heavy atom. The van der Waals surface area contributed by atoms with Crippen molar-refractivity contribution in [1.82, 2.24) is 10.2 Å². The molecule has 1 aliphatic rings. The summed E-state index contributed by atoms with van der Waals surface area (Å²) in [6, 6.07) is 4.25. The number of carbonyl (C=O) groups excluding carboxylic acids is 1. The molecule has 0 aromatic heterocycles. The summed E-state index contributed by atoms with van der Waals surface area (Å²) in [4.78, 5) is 13.7. The third-order valence-electron chi connectivity index (χ3n) is 3.21. The van der Waals surface area contributed by atoms with Crippen molar-refractivity contribution in [3.63, 3.8) is 0 Å². The fourth-order valence-electron chi connectivity index (χ4n) is 2.16. The smallest absolute Gasteiger partial charge is 0.227 e. The van der Waals surface area contributed by atoms with Crippen LogP contribution in [0.2, 0.25) is 5.02 Å². The summed E-state index contributed by atoms with van der Waals surface area (Å²) in [5, 5.41) is 3.53. The first-order valence-electron chi connectivity index (χ1n) is 5.97. The zero-order valence-electron chi connectivity index (χ0n) is 10.2. The Labute approximate surface area is 111 Å². The fraction of sp³-hybridized carbons (Fsp3) is 0.462. The van der Waals surface area contributed by atoms with Crippen molar-refractivity contribution >= 4 is 17.5 Å². The first-order chi connectivity index (χ1) is 8.58. The number of amides is 1. The molecule has 0 radical (unpaired) electrons. The molecule has 1 aliphatic heterocycles. The molecule has 1 aromatic carbocycles. The highest BCUT2D eigenvalue weighted by Crippen LogP contribution is 2.20. The number of carbonyl (C=O) groups is 1. The number of halogens is 2. The average molecular weight is 271 g/mol. The van der Waals surface area contributed by atoms with Crippen LogP contribution < -0.4 is 5.32 Å². The van der Waals surface area contributed by atoms with Gasteiger partial charge in [0.15, 0.2) is 0 Å². The number of hydrogen-bond donors (Lipinski definition) is 1. The van der Waals surface area contributed by atoms with Gasteiger partial charge in [-0.05, 0) is 30.7 Å². The number of nitrogens with zero attached hydrogens (tertiary/aromatic N) is 1. The lowest BCUT2D eigenvalue weighted by molar-refractivity contribution is -0.134. The predicted molar refractivity (Wildman–Crippen MR) is 68.9 cm³/mol. The summed E-state index contributed by atoms with van der Waals surface area (Å²) in [6.07, 6.45) is 0.875. The van der Waals surface area contributed by atoms with Crippen molar-refractivity contribution in [3.8, 4) is 0 Å². The average Bonchev–Trinajstić information content (AvgIpc) is 2.85. The van der Waals surface area contributed by atoms with Gasteiger partial charge < -0.3 is 10.2 Å². The zero-order valence-corrected chi connectivity index (χ0v) is 11.0. The molecule has 0 spiro atoms. The van der Waals surface area contributed by atoms with Crippen LogP contribution in [0.4, 0.5) is 4.39 Å². The lowest BCUT2D eigenvalue weighted by Gasteiger charge is -2.21.